The Hall–Kier alpha value is -2.63. The molecule has 0 saturated heterocycles. The second kappa shape index (κ2) is 6.69. The van der Waals surface area contributed by atoms with Crippen molar-refractivity contribution in [1.82, 2.24) is 4.98 Å². The molecule has 0 aliphatic heterocycles. The number of carbonyl (C=O) groups is 1. The molecule has 3 N–H and O–H groups in total. The smallest absolute Gasteiger partial charge is 0.340 e. The fraction of sp³-hybridized carbons (Fsp3) is 0.200. The van der Waals surface area contributed by atoms with Crippen molar-refractivity contribution in [3.8, 4) is 0 Å². The minimum atomic E-state index is -0.511. The molecule has 1 aromatic carbocycles. The lowest BCUT2D eigenvalue weighted by molar-refractivity contribution is 0.0602. The van der Waals surface area contributed by atoms with Crippen molar-refractivity contribution in [3.63, 3.8) is 0 Å². The lowest BCUT2D eigenvalue weighted by atomic mass is 10.1. The fourth-order valence-corrected chi connectivity index (χ4v) is 1.88. The van der Waals surface area contributed by atoms with E-state index in [0.29, 0.717) is 18.8 Å². The van der Waals surface area contributed by atoms with Gasteiger partial charge in [-0.25, -0.2) is 14.2 Å². The van der Waals surface area contributed by atoms with E-state index in [1.165, 1.54) is 31.5 Å². The number of halogens is 1. The number of esters is 1. The molecule has 2 aromatic rings. The van der Waals surface area contributed by atoms with E-state index in [2.05, 4.69) is 15.0 Å². The maximum atomic E-state index is 13.0. The van der Waals surface area contributed by atoms with E-state index in [4.69, 9.17) is 5.73 Å². The molecule has 0 spiro atoms. The molecule has 5 nitrogen and oxygen atoms in total. The zero-order chi connectivity index (χ0) is 15.2. The molecule has 1 aromatic heterocycles. The summed E-state index contributed by atoms with van der Waals surface area (Å²) in [4.78, 5) is 15.6. The third-order valence-corrected chi connectivity index (χ3v) is 2.95. The van der Waals surface area contributed by atoms with Gasteiger partial charge in [0.1, 0.15) is 11.6 Å². The van der Waals surface area contributed by atoms with Crippen molar-refractivity contribution in [1.29, 1.82) is 0 Å². The quantitative estimate of drug-likeness (QED) is 0.825. The van der Waals surface area contributed by atoms with Gasteiger partial charge in [0.15, 0.2) is 0 Å². The predicted octanol–water partition coefficient (Wildman–Crippen LogP) is 2.24. The summed E-state index contributed by atoms with van der Waals surface area (Å²) in [7, 11) is 1.29. The van der Waals surface area contributed by atoms with E-state index >= 15 is 0 Å². The van der Waals surface area contributed by atoms with E-state index in [1.807, 2.05) is 6.07 Å². The Balaban J connectivity index is 1.99. The number of nitrogens with zero attached hydrogens (tertiary/aromatic N) is 1. The summed E-state index contributed by atoms with van der Waals surface area (Å²) in [6.07, 6.45) is 2.04. The molecule has 0 amide bonds. The number of aromatic nitrogens is 1. The van der Waals surface area contributed by atoms with Crippen LogP contribution >= 0.6 is 0 Å². The van der Waals surface area contributed by atoms with E-state index in [9.17, 15) is 9.18 Å². The number of carbonyl (C=O) groups excluding carboxylic acids is 1. The van der Waals surface area contributed by atoms with Gasteiger partial charge in [0.2, 0.25) is 0 Å². The number of ether oxygens (including phenoxy) is 1. The second-order valence-corrected chi connectivity index (χ2v) is 4.46. The number of pyridine rings is 1. The Labute approximate surface area is 121 Å². The van der Waals surface area contributed by atoms with Crippen LogP contribution in [0.3, 0.4) is 0 Å². The SMILES string of the molecule is COC(=O)c1cc(NCCc2cccc(F)c2)ncc1N. The van der Waals surface area contributed by atoms with Gasteiger partial charge in [0.25, 0.3) is 0 Å². The molecule has 0 saturated carbocycles. The van der Waals surface area contributed by atoms with Gasteiger partial charge >= 0.3 is 5.97 Å². The van der Waals surface area contributed by atoms with Crippen LogP contribution in [0.2, 0.25) is 0 Å². The molecule has 0 radical (unpaired) electrons. The number of hydrogen-bond acceptors (Lipinski definition) is 5. The van der Waals surface area contributed by atoms with E-state index in [1.54, 1.807) is 6.07 Å². The highest BCUT2D eigenvalue weighted by Gasteiger charge is 2.11. The third kappa shape index (κ3) is 3.92. The first kappa shape index (κ1) is 14.8. The topological polar surface area (TPSA) is 77.2 Å². The Morgan fingerprint density at radius 3 is 2.95 bits per heavy atom. The number of benzene rings is 1. The van der Waals surface area contributed by atoms with Crippen LogP contribution in [-0.4, -0.2) is 24.6 Å². The van der Waals surface area contributed by atoms with Crippen LogP contribution < -0.4 is 11.1 Å². The van der Waals surface area contributed by atoms with Crippen LogP contribution in [0.15, 0.2) is 36.5 Å². The molecule has 0 aliphatic carbocycles. The van der Waals surface area contributed by atoms with Gasteiger partial charge in [0, 0.05) is 6.54 Å². The molecule has 0 unspecified atom stereocenters. The second-order valence-electron chi connectivity index (χ2n) is 4.46. The van der Waals surface area contributed by atoms with Crippen molar-refractivity contribution in [2.45, 2.75) is 6.42 Å². The van der Waals surface area contributed by atoms with Crippen LogP contribution in [0.1, 0.15) is 15.9 Å². The van der Waals surface area contributed by atoms with Crippen molar-refractivity contribution in [2.24, 2.45) is 0 Å². The van der Waals surface area contributed by atoms with Crippen LogP contribution in [0.25, 0.3) is 0 Å². The highest BCUT2D eigenvalue weighted by Crippen LogP contribution is 2.16. The first-order chi connectivity index (χ1) is 10.1. The summed E-state index contributed by atoms with van der Waals surface area (Å²) in [6.45, 7) is 0.557. The van der Waals surface area contributed by atoms with E-state index in [-0.39, 0.29) is 17.1 Å². The molecule has 21 heavy (non-hydrogen) atoms. The molecule has 6 heteroatoms. The first-order valence-electron chi connectivity index (χ1n) is 6.42. The van der Waals surface area contributed by atoms with Crippen LogP contribution in [0, 0.1) is 5.82 Å². The zero-order valence-corrected chi connectivity index (χ0v) is 11.6. The van der Waals surface area contributed by atoms with Crippen LogP contribution in [-0.2, 0) is 11.2 Å². The summed E-state index contributed by atoms with van der Waals surface area (Å²) < 4.78 is 17.7. The number of anilines is 2. The zero-order valence-electron chi connectivity index (χ0n) is 11.6. The first-order valence-corrected chi connectivity index (χ1v) is 6.42. The van der Waals surface area contributed by atoms with Gasteiger partial charge in [-0.1, -0.05) is 12.1 Å². The summed E-state index contributed by atoms with van der Waals surface area (Å²) in [6, 6.07) is 7.94. The molecular formula is C15H16FN3O2. The van der Waals surface area contributed by atoms with Crippen molar-refractivity contribution >= 4 is 17.5 Å². The van der Waals surface area contributed by atoms with Crippen LogP contribution in [0.4, 0.5) is 15.9 Å². The molecular weight excluding hydrogens is 273 g/mol. The van der Waals surface area contributed by atoms with Gasteiger partial charge in [-0.3, -0.25) is 0 Å². The minimum Gasteiger partial charge on any atom is -0.465 e. The summed E-state index contributed by atoms with van der Waals surface area (Å²) in [5.41, 5.74) is 7.08. The highest BCUT2D eigenvalue weighted by molar-refractivity contribution is 5.95. The maximum absolute atomic E-state index is 13.0. The summed E-state index contributed by atoms with van der Waals surface area (Å²) in [5, 5.41) is 3.06. The maximum Gasteiger partial charge on any atom is 0.340 e. The highest BCUT2D eigenvalue weighted by atomic mass is 19.1. The number of methoxy groups -OCH3 is 1. The van der Waals surface area contributed by atoms with Crippen molar-refractivity contribution in [3.05, 3.63) is 53.5 Å². The Kier molecular flexibility index (Phi) is 4.71. The summed E-state index contributed by atoms with van der Waals surface area (Å²) >= 11 is 0. The fourth-order valence-electron chi connectivity index (χ4n) is 1.88. The van der Waals surface area contributed by atoms with Gasteiger partial charge < -0.3 is 15.8 Å². The largest absolute Gasteiger partial charge is 0.465 e. The molecule has 0 aliphatic rings. The van der Waals surface area contributed by atoms with Gasteiger partial charge in [-0.2, -0.15) is 0 Å². The van der Waals surface area contributed by atoms with Crippen molar-refractivity contribution in [2.75, 3.05) is 24.7 Å². The van der Waals surface area contributed by atoms with Gasteiger partial charge in [-0.15, -0.1) is 0 Å². The lowest BCUT2D eigenvalue weighted by Gasteiger charge is -2.09. The summed E-state index contributed by atoms with van der Waals surface area (Å²) in [5.74, 6) is -0.254. The van der Waals surface area contributed by atoms with Gasteiger partial charge in [-0.05, 0) is 30.2 Å². The minimum absolute atomic E-state index is 0.258. The number of nitrogens with one attached hydrogen (secondary N) is 1. The average Bonchev–Trinajstić information content (AvgIpc) is 2.48. The Bertz CT molecular complexity index is 647. The third-order valence-electron chi connectivity index (χ3n) is 2.95. The lowest BCUT2D eigenvalue weighted by Crippen LogP contribution is -2.10. The number of rotatable bonds is 5. The number of hydrogen-bond donors (Lipinski definition) is 2. The molecule has 0 atom stereocenters. The van der Waals surface area contributed by atoms with E-state index in [0.717, 1.165) is 5.56 Å². The Morgan fingerprint density at radius 2 is 2.24 bits per heavy atom. The predicted molar refractivity (Wildman–Crippen MR) is 78.6 cm³/mol. The molecule has 1 heterocycles. The standard InChI is InChI=1S/C15H16FN3O2/c1-21-15(20)12-8-14(19-9-13(12)17)18-6-5-10-3-2-4-11(16)7-10/h2-4,7-9H,5-6,17H2,1H3,(H,18,19). The van der Waals surface area contributed by atoms with Crippen LogP contribution in [0.5, 0.6) is 0 Å². The molecule has 0 fully saturated rings. The monoisotopic (exact) mass is 289 g/mol. The number of nitrogens with two attached hydrogens (primary N) is 1. The molecule has 2 rings (SSSR count). The normalized spacial score (nSPS) is 10.2. The molecule has 0 bridgehead atoms. The number of nitrogen functional groups attached to an aromatic ring is 1. The van der Waals surface area contributed by atoms with Crippen molar-refractivity contribution < 1.29 is 13.9 Å². The average molecular weight is 289 g/mol. The molecule has 110 valence electrons. The Morgan fingerprint density at radius 1 is 1.43 bits per heavy atom. The van der Waals surface area contributed by atoms with E-state index < -0.39 is 5.97 Å². The van der Waals surface area contributed by atoms with Gasteiger partial charge in [0.05, 0.1) is 24.6 Å².